The summed E-state index contributed by atoms with van der Waals surface area (Å²) >= 11 is 0. The molecule has 2 aliphatic carbocycles. The second kappa shape index (κ2) is 19.5. The molecule has 388 valence electrons. The first-order valence-electron chi connectivity index (χ1n) is 27.0. The predicted octanol–water partition coefficient (Wildman–Crippen LogP) is 6.21. The second-order valence-electron chi connectivity index (χ2n) is 23.1. The van der Waals surface area contributed by atoms with Crippen molar-refractivity contribution >= 4 is 40.5 Å². The van der Waals surface area contributed by atoms with Gasteiger partial charge in [0.05, 0.1) is 29.5 Å². The first-order chi connectivity index (χ1) is 35.2. The van der Waals surface area contributed by atoms with Crippen LogP contribution >= 0.6 is 0 Å². The van der Waals surface area contributed by atoms with Crippen molar-refractivity contribution in [2.75, 3.05) is 39.9 Å². The lowest BCUT2D eigenvalue weighted by molar-refractivity contribution is -0.155. The molecule has 2 saturated carbocycles. The van der Waals surface area contributed by atoms with E-state index in [1.807, 2.05) is 24.0 Å². The number of esters is 1. The highest BCUT2D eigenvalue weighted by Crippen LogP contribution is 2.47. The molecule has 4 N–H and O–H groups in total. The minimum Gasteiger partial charge on any atom is -0.508 e. The monoisotopic (exact) mass is 997 g/mol. The SMILES string of the molecule is CCn1c(-c2cccnc2[C@H](C)OC)c2c3cc(ccc31)-c1cc(O)cc(c1)C[C@H](NC(=O)C(C1CCCC1)N1CC[C@]3(CCN(C(=O)[C@@H]4NC4C4CC4)C3)C1=O)C(=O)N1CCC[C@H](N1)C(=O)OCC(C)(C)C2. The van der Waals surface area contributed by atoms with E-state index in [0.717, 1.165) is 83.1 Å². The van der Waals surface area contributed by atoms with Gasteiger partial charge >= 0.3 is 5.97 Å². The number of cyclic esters (lactones) is 1. The van der Waals surface area contributed by atoms with Gasteiger partial charge in [-0.2, -0.15) is 0 Å². The Labute approximate surface area is 427 Å². The standard InChI is InChI=1S/C57H72N8O8/c1-6-63-45-18-17-37-29-41(45)42(50(63)40-13-9-21-58-46(40)33(2)72-5)30-56(3,4)32-73-54(70)43-14-10-22-65(61-43)52(68)44(27-34-25-38(37)28-39(66)26-34)59-51(67)49(36-11-7-8-12-36)64-24-20-57(55(64)71)19-23-62(31-57)53(69)48-47(60-48)35-15-16-35/h9,13,17-18,21,25-26,28-29,33,35-36,43-44,47-49,60-61,66H,6-8,10-12,14-16,19-20,22-24,27,30-32H2,1-5H3,(H,59,67)/t33-,43-,44-,47?,48+,49?,57-/m0/s1. The third-order valence-electron chi connectivity index (χ3n) is 17.4. The fraction of sp³-hybridized carbons (Fsp3) is 0.579. The number of ether oxygens (including phenoxy) is 2. The van der Waals surface area contributed by atoms with Crippen LogP contribution in [0.1, 0.15) is 115 Å². The molecule has 7 atom stereocenters. The van der Waals surface area contributed by atoms with Crippen molar-refractivity contribution in [2.45, 2.75) is 148 Å². The van der Waals surface area contributed by atoms with Crippen LogP contribution in [0.2, 0.25) is 0 Å². The summed E-state index contributed by atoms with van der Waals surface area (Å²) in [6, 6.07) is 13.1. The Bertz CT molecular complexity index is 2830. The number of phenols is 1. The number of hydrogen-bond donors (Lipinski definition) is 4. The molecule has 4 saturated heterocycles. The van der Waals surface area contributed by atoms with E-state index in [4.69, 9.17) is 14.5 Å². The van der Waals surface area contributed by atoms with E-state index in [-0.39, 0.29) is 60.6 Å². The van der Waals surface area contributed by atoms with Gasteiger partial charge in [0, 0.05) is 80.4 Å². The zero-order valence-electron chi connectivity index (χ0n) is 43.1. The van der Waals surface area contributed by atoms with E-state index in [1.54, 1.807) is 30.3 Å². The van der Waals surface area contributed by atoms with Crippen molar-refractivity contribution in [3.05, 3.63) is 71.5 Å². The Morgan fingerprint density at radius 3 is 2.53 bits per heavy atom. The van der Waals surface area contributed by atoms with Gasteiger partial charge in [-0.05, 0) is 142 Å². The van der Waals surface area contributed by atoms with Crippen molar-refractivity contribution in [3.8, 4) is 28.1 Å². The van der Waals surface area contributed by atoms with Crippen LogP contribution in [0.25, 0.3) is 33.3 Å². The number of pyridine rings is 1. The topological polar surface area (TPSA) is 198 Å². The van der Waals surface area contributed by atoms with Gasteiger partial charge in [-0.15, -0.1) is 0 Å². The highest BCUT2D eigenvalue weighted by atomic mass is 16.5. The van der Waals surface area contributed by atoms with Gasteiger partial charge in [0.15, 0.2) is 0 Å². The summed E-state index contributed by atoms with van der Waals surface area (Å²) < 4.78 is 14.3. The van der Waals surface area contributed by atoms with Crippen LogP contribution < -0.4 is 16.1 Å². The number of likely N-dealkylation sites (tertiary alicyclic amines) is 2. The highest BCUT2D eigenvalue weighted by molar-refractivity contribution is 5.97. The van der Waals surface area contributed by atoms with Crippen molar-refractivity contribution in [3.63, 3.8) is 0 Å². The van der Waals surface area contributed by atoms with Gasteiger partial charge in [0.2, 0.25) is 17.7 Å². The maximum absolute atomic E-state index is 15.2. The van der Waals surface area contributed by atoms with E-state index in [2.05, 4.69) is 65.7 Å². The number of hydrogen-bond acceptors (Lipinski definition) is 11. The Hall–Kier alpha value is -5.84. The van der Waals surface area contributed by atoms with Crippen LogP contribution in [0.4, 0.5) is 0 Å². The number of benzene rings is 2. The fourth-order valence-corrected chi connectivity index (χ4v) is 13.2. The minimum absolute atomic E-state index is 0.0153. The number of nitrogens with one attached hydrogen (secondary N) is 3. The number of phenolic OH excluding ortho intramolecular Hbond substituents is 1. The summed E-state index contributed by atoms with van der Waals surface area (Å²) in [6.07, 6.45) is 9.96. The molecule has 73 heavy (non-hydrogen) atoms. The number of carbonyl (C=O) groups is 5. The van der Waals surface area contributed by atoms with Crippen LogP contribution in [-0.2, 0) is 52.8 Å². The third kappa shape index (κ3) is 9.41. The predicted molar refractivity (Wildman–Crippen MR) is 274 cm³/mol. The van der Waals surface area contributed by atoms with Crippen LogP contribution in [0, 0.1) is 22.7 Å². The number of carbonyl (C=O) groups excluding carboxylic acids is 5. The zero-order valence-corrected chi connectivity index (χ0v) is 43.1. The quantitative estimate of drug-likeness (QED) is 0.104. The molecule has 6 bridgehead atoms. The Balaban J connectivity index is 0.942. The van der Waals surface area contributed by atoms with E-state index >= 15 is 9.59 Å². The number of aromatic hydroxyl groups is 1. The first-order valence-corrected chi connectivity index (χ1v) is 27.0. The minimum atomic E-state index is -1.12. The lowest BCUT2D eigenvalue weighted by Gasteiger charge is -2.37. The molecule has 4 aromatic rings. The Kier molecular flexibility index (Phi) is 13.2. The van der Waals surface area contributed by atoms with Gasteiger partial charge in [0.25, 0.3) is 5.91 Å². The summed E-state index contributed by atoms with van der Waals surface area (Å²) in [5.74, 6) is -0.776. The van der Waals surface area contributed by atoms with Gasteiger partial charge in [-0.1, -0.05) is 38.8 Å². The van der Waals surface area contributed by atoms with Crippen molar-refractivity contribution in [1.29, 1.82) is 0 Å². The fourth-order valence-electron chi connectivity index (χ4n) is 13.2. The molecule has 16 heteroatoms. The summed E-state index contributed by atoms with van der Waals surface area (Å²) in [5.41, 5.74) is 9.02. The van der Waals surface area contributed by atoms with Crippen LogP contribution in [0.15, 0.2) is 54.7 Å². The molecular formula is C57H72N8O8. The normalized spacial score (nSPS) is 27.4. The second-order valence-corrected chi connectivity index (χ2v) is 23.1. The number of fused-ring (bicyclic) bond motifs is 6. The Morgan fingerprint density at radius 2 is 1.77 bits per heavy atom. The molecule has 1 spiro atoms. The van der Waals surface area contributed by atoms with Gasteiger partial charge in [0.1, 0.15) is 29.9 Å². The molecular weight excluding hydrogens is 925 g/mol. The first kappa shape index (κ1) is 49.4. The number of rotatable bonds is 10. The molecule has 2 aromatic carbocycles. The Morgan fingerprint density at radius 1 is 0.973 bits per heavy atom. The molecule has 11 rings (SSSR count). The van der Waals surface area contributed by atoms with E-state index in [0.29, 0.717) is 76.3 Å². The lowest BCUT2D eigenvalue weighted by Crippen LogP contribution is -2.62. The average Bonchev–Trinajstić information content (AvgIpc) is 4.22. The van der Waals surface area contributed by atoms with Gasteiger partial charge in [-0.25, -0.2) is 5.43 Å². The number of aromatic nitrogens is 2. The summed E-state index contributed by atoms with van der Waals surface area (Å²) in [7, 11) is 1.68. The van der Waals surface area contributed by atoms with Crippen LogP contribution in [0.5, 0.6) is 5.75 Å². The molecule has 6 fully saturated rings. The summed E-state index contributed by atoms with van der Waals surface area (Å²) in [5, 5.41) is 20.5. The molecule has 16 nitrogen and oxygen atoms in total. The number of methoxy groups -OCH3 is 1. The summed E-state index contributed by atoms with van der Waals surface area (Å²) in [4.78, 5) is 81.2. The highest BCUT2D eigenvalue weighted by Gasteiger charge is 2.58. The molecule has 7 aliphatic rings. The van der Waals surface area contributed by atoms with Crippen LogP contribution in [0.3, 0.4) is 0 Å². The number of nitrogens with zero attached hydrogens (tertiary/aromatic N) is 5. The van der Waals surface area contributed by atoms with Gasteiger partial charge < -0.3 is 34.3 Å². The average molecular weight is 997 g/mol. The molecule has 7 heterocycles. The number of aryl methyl sites for hydroxylation is 1. The third-order valence-corrected chi connectivity index (χ3v) is 17.4. The van der Waals surface area contributed by atoms with E-state index in [1.165, 1.54) is 5.01 Å². The molecule has 2 unspecified atom stereocenters. The summed E-state index contributed by atoms with van der Waals surface area (Å²) in [6.45, 7) is 10.7. The maximum Gasteiger partial charge on any atom is 0.324 e. The van der Waals surface area contributed by atoms with Gasteiger partial charge in [-0.3, -0.25) is 39.3 Å². The lowest BCUT2D eigenvalue weighted by atomic mass is 9.84. The van der Waals surface area contributed by atoms with Crippen molar-refractivity contribution in [2.24, 2.45) is 22.7 Å². The smallest absolute Gasteiger partial charge is 0.324 e. The molecule has 5 aliphatic heterocycles. The largest absolute Gasteiger partial charge is 0.508 e. The maximum atomic E-state index is 15.2. The van der Waals surface area contributed by atoms with Crippen molar-refractivity contribution < 1.29 is 38.6 Å². The molecule has 2 aromatic heterocycles. The van der Waals surface area contributed by atoms with Crippen molar-refractivity contribution in [1.82, 2.24) is 40.4 Å². The molecule has 0 radical (unpaired) electrons. The van der Waals surface area contributed by atoms with E-state index in [9.17, 15) is 19.5 Å². The molecule has 4 amide bonds. The van der Waals surface area contributed by atoms with E-state index < -0.39 is 40.8 Å². The number of hydrazine groups is 1. The van der Waals surface area contributed by atoms with Crippen LogP contribution in [-0.4, -0.2) is 129 Å². The zero-order chi connectivity index (χ0) is 50.9. The number of amides is 4.